The second-order valence-electron chi connectivity index (χ2n) is 4.35. The quantitative estimate of drug-likeness (QED) is 0.572. The van der Waals surface area contributed by atoms with Crippen molar-refractivity contribution < 1.29 is 18.7 Å². The van der Waals surface area contributed by atoms with Gasteiger partial charge in [-0.2, -0.15) is 0 Å². The number of hydrogen-bond acceptors (Lipinski definition) is 3. The maximum atomic E-state index is 12.8. The third-order valence-electron chi connectivity index (χ3n) is 1.76. The first kappa shape index (κ1) is 12.4. The zero-order valence-electron chi connectivity index (χ0n) is 9.41. The van der Waals surface area contributed by atoms with Gasteiger partial charge in [0, 0.05) is 5.56 Å². The van der Waals surface area contributed by atoms with E-state index in [0.29, 0.717) is 6.29 Å². The van der Waals surface area contributed by atoms with Gasteiger partial charge in [-0.05, 0) is 39.0 Å². The van der Waals surface area contributed by atoms with Crippen LogP contribution in [0.2, 0.25) is 0 Å². The third kappa shape index (κ3) is 3.15. The molecule has 0 unspecified atom stereocenters. The smallest absolute Gasteiger partial charge is 0.339 e. The summed E-state index contributed by atoms with van der Waals surface area (Å²) in [6.45, 7) is 5.15. The molecule has 0 heterocycles. The molecule has 0 N–H and O–H groups in total. The van der Waals surface area contributed by atoms with E-state index < -0.39 is 17.4 Å². The van der Waals surface area contributed by atoms with Crippen molar-refractivity contribution in [1.29, 1.82) is 0 Å². The van der Waals surface area contributed by atoms with Crippen LogP contribution in [0.3, 0.4) is 0 Å². The number of aldehydes is 1. The topological polar surface area (TPSA) is 43.4 Å². The Morgan fingerprint density at radius 2 is 2.00 bits per heavy atom. The Kier molecular flexibility index (Phi) is 3.42. The van der Waals surface area contributed by atoms with Gasteiger partial charge in [-0.3, -0.25) is 4.79 Å². The molecule has 86 valence electrons. The Hall–Kier alpha value is -1.71. The van der Waals surface area contributed by atoms with Gasteiger partial charge >= 0.3 is 5.97 Å². The van der Waals surface area contributed by atoms with Gasteiger partial charge in [-0.25, -0.2) is 9.18 Å². The Morgan fingerprint density at radius 1 is 1.38 bits per heavy atom. The van der Waals surface area contributed by atoms with E-state index in [0.717, 1.165) is 12.1 Å². The summed E-state index contributed by atoms with van der Waals surface area (Å²) in [5.74, 6) is -1.19. The molecule has 0 aliphatic heterocycles. The molecule has 1 rings (SSSR count). The summed E-state index contributed by atoms with van der Waals surface area (Å²) in [6.07, 6.45) is 0.433. The molecule has 16 heavy (non-hydrogen) atoms. The lowest BCUT2D eigenvalue weighted by molar-refractivity contribution is 0.00682. The average molecular weight is 224 g/mol. The van der Waals surface area contributed by atoms with Crippen molar-refractivity contribution in [2.24, 2.45) is 0 Å². The molecule has 4 heteroatoms. The number of benzene rings is 1. The number of ether oxygens (including phenoxy) is 1. The molecule has 0 fully saturated rings. The highest BCUT2D eigenvalue weighted by atomic mass is 19.1. The van der Waals surface area contributed by atoms with Crippen LogP contribution in [0.25, 0.3) is 0 Å². The summed E-state index contributed by atoms with van der Waals surface area (Å²) in [5, 5.41) is 0. The molecule has 0 saturated carbocycles. The lowest BCUT2D eigenvalue weighted by Gasteiger charge is -2.19. The van der Waals surface area contributed by atoms with Crippen LogP contribution >= 0.6 is 0 Å². The Labute approximate surface area is 93.2 Å². The Morgan fingerprint density at radius 3 is 2.50 bits per heavy atom. The monoisotopic (exact) mass is 224 g/mol. The number of halogens is 1. The average Bonchev–Trinajstić information content (AvgIpc) is 2.14. The third-order valence-corrected chi connectivity index (χ3v) is 1.76. The molecule has 0 aromatic heterocycles. The maximum absolute atomic E-state index is 12.8. The fourth-order valence-corrected chi connectivity index (χ4v) is 1.15. The maximum Gasteiger partial charge on any atom is 0.339 e. The van der Waals surface area contributed by atoms with Crippen LogP contribution in [0, 0.1) is 5.82 Å². The van der Waals surface area contributed by atoms with Gasteiger partial charge in [0.25, 0.3) is 0 Å². The van der Waals surface area contributed by atoms with Crippen LogP contribution in [0.4, 0.5) is 4.39 Å². The zero-order chi connectivity index (χ0) is 12.3. The first-order valence-electron chi connectivity index (χ1n) is 4.81. The fourth-order valence-electron chi connectivity index (χ4n) is 1.15. The minimum absolute atomic E-state index is 0.00532. The normalized spacial score (nSPS) is 11.0. The van der Waals surface area contributed by atoms with Gasteiger partial charge in [0.15, 0.2) is 6.29 Å². The highest BCUT2D eigenvalue weighted by Crippen LogP contribution is 2.15. The highest BCUT2D eigenvalue weighted by molar-refractivity contribution is 5.98. The molecule has 0 bridgehead atoms. The van der Waals surface area contributed by atoms with Crippen LogP contribution in [0.5, 0.6) is 0 Å². The van der Waals surface area contributed by atoms with E-state index in [-0.39, 0.29) is 11.1 Å². The molecular formula is C12H13FO3. The van der Waals surface area contributed by atoms with Crippen molar-refractivity contribution >= 4 is 12.3 Å². The molecule has 0 spiro atoms. The lowest BCUT2D eigenvalue weighted by Crippen LogP contribution is -2.24. The van der Waals surface area contributed by atoms with Crippen molar-refractivity contribution in [3.63, 3.8) is 0 Å². The molecule has 1 aromatic rings. The van der Waals surface area contributed by atoms with Crippen molar-refractivity contribution in [3.8, 4) is 0 Å². The van der Waals surface area contributed by atoms with Crippen LogP contribution in [0.15, 0.2) is 18.2 Å². The molecule has 3 nitrogen and oxygen atoms in total. The van der Waals surface area contributed by atoms with Gasteiger partial charge in [-0.1, -0.05) is 0 Å². The molecule has 0 atom stereocenters. The number of rotatable bonds is 2. The Bertz CT molecular complexity index is 419. The standard InChI is InChI=1S/C12H13FO3/c1-12(2,3)16-11(15)10-5-4-9(13)6-8(10)7-14/h4-7H,1-3H3. The predicted molar refractivity (Wildman–Crippen MR) is 57.0 cm³/mol. The SMILES string of the molecule is CC(C)(C)OC(=O)c1ccc(F)cc1C=O. The van der Waals surface area contributed by atoms with Gasteiger partial charge in [0.05, 0.1) is 5.56 Å². The van der Waals surface area contributed by atoms with Crippen molar-refractivity contribution in [2.75, 3.05) is 0 Å². The van der Waals surface area contributed by atoms with Crippen molar-refractivity contribution in [1.82, 2.24) is 0 Å². The van der Waals surface area contributed by atoms with Gasteiger partial charge in [0.2, 0.25) is 0 Å². The van der Waals surface area contributed by atoms with Crippen LogP contribution in [0.1, 0.15) is 41.5 Å². The van der Waals surface area contributed by atoms with E-state index in [4.69, 9.17) is 4.74 Å². The first-order chi connectivity index (χ1) is 7.33. The van der Waals surface area contributed by atoms with Crippen molar-refractivity contribution in [3.05, 3.63) is 35.1 Å². The molecule has 0 aliphatic carbocycles. The minimum Gasteiger partial charge on any atom is -0.456 e. The molecule has 0 radical (unpaired) electrons. The summed E-state index contributed by atoms with van der Waals surface area (Å²) in [7, 11) is 0. The lowest BCUT2D eigenvalue weighted by atomic mass is 10.1. The molecule has 0 amide bonds. The molecular weight excluding hydrogens is 211 g/mol. The van der Waals surface area contributed by atoms with Crippen LogP contribution in [-0.2, 0) is 4.74 Å². The number of carbonyl (C=O) groups excluding carboxylic acids is 2. The van der Waals surface area contributed by atoms with E-state index in [9.17, 15) is 14.0 Å². The van der Waals surface area contributed by atoms with E-state index in [1.165, 1.54) is 6.07 Å². The number of hydrogen-bond donors (Lipinski definition) is 0. The summed E-state index contributed by atoms with van der Waals surface area (Å²) < 4.78 is 17.9. The number of esters is 1. The van der Waals surface area contributed by atoms with E-state index >= 15 is 0 Å². The predicted octanol–water partition coefficient (Wildman–Crippen LogP) is 2.59. The molecule has 0 saturated heterocycles. The van der Waals surface area contributed by atoms with Gasteiger partial charge in [0.1, 0.15) is 11.4 Å². The van der Waals surface area contributed by atoms with Gasteiger partial charge < -0.3 is 4.74 Å². The minimum atomic E-state index is -0.647. The summed E-state index contributed by atoms with van der Waals surface area (Å²) in [6, 6.07) is 3.37. The van der Waals surface area contributed by atoms with Gasteiger partial charge in [-0.15, -0.1) is 0 Å². The van der Waals surface area contributed by atoms with Crippen LogP contribution in [-0.4, -0.2) is 17.9 Å². The molecule has 0 aliphatic rings. The van der Waals surface area contributed by atoms with Crippen molar-refractivity contribution in [2.45, 2.75) is 26.4 Å². The highest BCUT2D eigenvalue weighted by Gasteiger charge is 2.20. The second-order valence-corrected chi connectivity index (χ2v) is 4.35. The van der Waals surface area contributed by atoms with E-state index in [2.05, 4.69) is 0 Å². The fraction of sp³-hybridized carbons (Fsp3) is 0.333. The largest absolute Gasteiger partial charge is 0.456 e. The second kappa shape index (κ2) is 4.43. The Balaban J connectivity index is 3.04. The molecule has 1 aromatic carbocycles. The summed E-state index contributed by atoms with van der Waals surface area (Å²) in [5.41, 5.74) is -0.577. The summed E-state index contributed by atoms with van der Waals surface area (Å²) >= 11 is 0. The van der Waals surface area contributed by atoms with E-state index in [1.807, 2.05) is 0 Å². The first-order valence-corrected chi connectivity index (χ1v) is 4.81. The van der Waals surface area contributed by atoms with Crippen LogP contribution < -0.4 is 0 Å². The zero-order valence-corrected chi connectivity index (χ0v) is 9.41. The van der Waals surface area contributed by atoms with E-state index in [1.54, 1.807) is 20.8 Å². The number of carbonyl (C=O) groups is 2. The summed E-state index contributed by atoms with van der Waals surface area (Å²) in [4.78, 5) is 22.3.